The van der Waals surface area contributed by atoms with E-state index in [0.29, 0.717) is 27.2 Å². The van der Waals surface area contributed by atoms with Crippen molar-refractivity contribution in [1.29, 1.82) is 0 Å². The van der Waals surface area contributed by atoms with Gasteiger partial charge in [0.1, 0.15) is 12.6 Å². The molecule has 242 valence electrons. The topological polar surface area (TPSA) is 86.8 Å². The van der Waals surface area contributed by atoms with E-state index >= 15 is 0 Å². The van der Waals surface area contributed by atoms with Gasteiger partial charge in [0, 0.05) is 40.1 Å². The van der Waals surface area contributed by atoms with Crippen molar-refractivity contribution in [2.75, 3.05) is 17.4 Å². The molecule has 0 aliphatic rings. The summed E-state index contributed by atoms with van der Waals surface area (Å²) in [5.74, 6) is -0.997. The Kier molecular flexibility index (Phi) is 12.5. The molecule has 0 spiro atoms. The molecule has 4 rings (SSSR count). The molecule has 0 aromatic heterocycles. The van der Waals surface area contributed by atoms with Crippen LogP contribution in [0, 0.1) is 6.92 Å². The molecule has 4 aromatic rings. The minimum Gasteiger partial charge on any atom is -0.354 e. The molecule has 1 N–H and O–H groups in total. The van der Waals surface area contributed by atoms with Crippen molar-refractivity contribution in [3.05, 3.63) is 129 Å². The molecule has 0 aliphatic heterocycles. The van der Waals surface area contributed by atoms with Gasteiger partial charge in [0.15, 0.2) is 0 Å². The first-order chi connectivity index (χ1) is 22.0. The highest BCUT2D eigenvalue weighted by Crippen LogP contribution is 2.30. The number of aryl methyl sites for hydroxylation is 1. The number of carbonyl (C=O) groups is 2. The summed E-state index contributed by atoms with van der Waals surface area (Å²) in [6.07, 6.45) is 1.80. The van der Waals surface area contributed by atoms with E-state index in [4.69, 9.17) is 34.8 Å². The molecular formula is C35H36Cl3N3O4S. The van der Waals surface area contributed by atoms with Crippen molar-refractivity contribution in [2.45, 2.75) is 50.6 Å². The van der Waals surface area contributed by atoms with Crippen molar-refractivity contribution < 1.29 is 18.0 Å². The summed E-state index contributed by atoms with van der Waals surface area (Å²) in [5, 5.41) is 3.93. The number of hydrogen-bond donors (Lipinski definition) is 1. The maximum atomic E-state index is 14.6. The SMILES string of the molecule is CCCCNC(=O)[C@H](Cc1ccccc1)N(Cc1c(Cl)cccc1Cl)C(=O)CN(c1ccc(C)c(Cl)c1)S(=O)(=O)c1ccccc1. The number of nitrogens with one attached hydrogen (secondary N) is 1. The van der Waals surface area contributed by atoms with E-state index < -0.39 is 28.5 Å². The first-order valence-corrected chi connectivity index (χ1v) is 17.5. The molecule has 2 amide bonds. The molecule has 0 heterocycles. The van der Waals surface area contributed by atoms with Crippen LogP contribution in [0.2, 0.25) is 15.1 Å². The summed E-state index contributed by atoms with van der Waals surface area (Å²) >= 11 is 19.6. The Bertz CT molecular complexity index is 1740. The van der Waals surface area contributed by atoms with E-state index in [-0.39, 0.29) is 29.5 Å². The lowest BCUT2D eigenvalue weighted by atomic mass is 10.0. The zero-order valence-electron chi connectivity index (χ0n) is 25.6. The van der Waals surface area contributed by atoms with Gasteiger partial charge in [-0.15, -0.1) is 0 Å². The second-order valence-electron chi connectivity index (χ2n) is 10.8. The van der Waals surface area contributed by atoms with Gasteiger partial charge in [-0.25, -0.2) is 8.42 Å². The third-order valence-corrected chi connectivity index (χ3v) is 10.4. The maximum absolute atomic E-state index is 14.6. The number of unbranched alkanes of at least 4 members (excludes halogenated alkanes) is 1. The van der Waals surface area contributed by atoms with Gasteiger partial charge in [-0.3, -0.25) is 13.9 Å². The number of rotatable bonds is 14. The first kappa shape index (κ1) is 35.3. The molecule has 11 heteroatoms. The number of halogens is 3. The van der Waals surface area contributed by atoms with Gasteiger partial charge < -0.3 is 10.2 Å². The summed E-state index contributed by atoms with van der Waals surface area (Å²) in [6, 6.07) is 26.0. The van der Waals surface area contributed by atoms with Crippen LogP contribution in [0.1, 0.15) is 36.5 Å². The zero-order chi connectivity index (χ0) is 33.3. The number of hydrogen-bond acceptors (Lipinski definition) is 4. The van der Waals surface area contributed by atoms with Crippen LogP contribution in [-0.2, 0) is 32.6 Å². The normalized spacial score (nSPS) is 11.9. The van der Waals surface area contributed by atoms with Gasteiger partial charge >= 0.3 is 0 Å². The average Bonchev–Trinajstić information content (AvgIpc) is 3.05. The predicted octanol–water partition coefficient (Wildman–Crippen LogP) is 7.71. The van der Waals surface area contributed by atoms with Crippen LogP contribution in [0.3, 0.4) is 0 Å². The Hall–Kier alpha value is -3.56. The van der Waals surface area contributed by atoms with Crippen molar-refractivity contribution in [3.8, 4) is 0 Å². The van der Waals surface area contributed by atoms with E-state index in [2.05, 4.69) is 5.32 Å². The Labute approximate surface area is 286 Å². The Morgan fingerprint density at radius 2 is 1.46 bits per heavy atom. The van der Waals surface area contributed by atoms with Gasteiger partial charge in [-0.2, -0.15) is 0 Å². The van der Waals surface area contributed by atoms with Gasteiger partial charge in [-0.05, 0) is 60.9 Å². The fourth-order valence-electron chi connectivity index (χ4n) is 4.90. The zero-order valence-corrected chi connectivity index (χ0v) is 28.7. The van der Waals surface area contributed by atoms with Crippen LogP contribution in [0.15, 0.2) is 102 Å². The fraction of sp³-hybridized carbons (Fsp3) is 0.257. The van der Waals surface area contributed by atoms with Crippen LogP contribution in [0.25, 0.3) is 0 Å². The Balaban J connectivity index is 1.83. The van der Waals surface area contributed by atoms with Crippen molar-refractivity contribution in [2.24, 2.45) is 0 Å². The average molecular weight is 701 g/mol. The van der Waals surface area contributed by atoms with Crippen molar-refractivity contribution in [3.63, 3.8) is 0 Å². The smallest absolute Gasteiger partial charge is 0.264 e. The van der Waals surface area contributed by atoms with Gasteiger partial charge in [0.2, 0.25) is 11.8 Å². The minimum atomic E-state index is -4.25. The molecule has 1 atom stereocenters. The highest BCUT2D eigenvalue weighted by molar-refractivity contribution is 7.92. The number of amides is 2. The van der Waals surface area contributed by atoms with E-state index in [9.17, 15) is 18.0 Å². The second-order valence-corrected chi connectivity index (χ2v) is 13.9. The molecule has 0 unspecified atom stereocenters. The minimum absolute atomic E-state index is 0.00154. The van der Waals surface area contributed by atoms with Gasteiger partial charge in [0.05, 0.1) is 10.6 Å². The van der Waals surface area contributed by atoms with E-state index in [1.54, 1.807) is 55.5 Å². The van der Waals surface area contributed by atoms with Gasteiger partial charge in [0.25, 0.3) is 10.0 Å². The van der Waals surface area contributed by atoms with Crippen LogP contribution in [-0.4, -0.2) is 44.3 Å². The number of nitrogens with zero attached hydrogens (tertiary/aromatic N) is 2. The van der Waals surface area contributed by atoms with Crippen molar-refractivity contribution >= 4 is 62.3 Å². The highest BCUT2D eigenvalue weighted by Gasteiger charge is 2.35. The molecule has 46 heavy (non-hydrogen) atoms. The summed E-state index contributed by atoms with van der Waals surface area (Å²) in [6.45, 7) is 3.48. The van der Waals surface area contributed by atoms with Crippen molar-refractivity contribution in [1.82, 2.24) is 10.2 Å². The third-order valence-electron chi connectivity index (χ3n) is 7.54. The number of sulfonamides is 1. The molecule has 0 saturated carbocycles. The largest absolute Gasteiger partial charge is 0.354 e. The molecule has 4 aromatic carbocycles. The van der Waals surface area contributed by atoms with Crippen LogP contribution in [0.4, 0.5) is 5.69 Å². The van der Waals surface area contributed by atoms with Crippen LogP contribution >= 0.6 is 34.8 Å². The summed E-state index contributed by atoms with van der Waals surface area (Å²) in [5.41, 5.74) is 2.21. The second kappa shape index (κ2) is 16.3. The Morgan fingerprint density at radius 3 is 2.07 bits per heavy atom. The molecule has 0 aliphatic carbocycles. The lowest BCUT2D eigenvalue weighted by Gasteiger charge is -2.34. The molecule has 7 nitrogen and oxygen atoms in total. The van der Waals surface area contributed by atoms with Crippen LogP contribution < -0.4 is 9.62 Å². The standard InChI is InChI=1S/C35H36Cl3N3O4S/c1-3-4-20-39-35(43)33(21-26-12-7-5-8-13-26)40(23-29-30(36)16-11-17-31(29)37)34(42)24-41(27-19-18-25(2)32(38)22-27)46(44,45)28-14-9-6-10-15-28/h5-19,22,33H,3-4,20-21,23-24H2,1-2H3,(H,39,43)/t33-/m0/s1. The first-order valence-electron chi connectivity index (χ1n) is 14.9. The fourth-order valence-corrected chi connectivity index (χ4v) is 7.02. The van der Waals surface area contributed by atoms with E-state index in [1.165, 1.54) is 23.1 Å². The summed E-state index contributed by atoms with van der Waals surface area (Å²) in [7, 11) is -4.25. The Morgan fingerprint density at radius 1 is 0.826 bits per heavy atom. The van der Waals surface area contributed by atoms with E-state index in [0.717, 1.165) is 28.3 Å². The molecule has 0 radical (unpaired) electrons. The molecular weight excluding hydrogens is 665 g/mol. The third kappa shape index (κ3) is 8.82. The number of benzene rings is 4. The lowest BCUT2D eigenvalue weighted by Crippen LogP contribution is -2.53. The predicted molar refractivity (Wildman–Crippen MR) is 186 cm³/mol. The molecule has 0 fully saturated rings. The van der Waals surface area contributed by atoms with Gasteiger partial charge in [-0.1, -0.05) is 109 Å². The molecule has 0 bridgehead atoms. The van der Waals surface area contributed by atoms with E-state index in [1.807, 2.05) is 37.3 Å². The number of anilines is 1. The monoisotopic (exact) mass is 699 g/mol. The summed E-state index contributed by atoms with van der Waals surface area (Å²) < 4.78 is 29.2. The maximum Gasteiger partial charge on any atom is 0.264 e. The number of carbonyl (C=O) groups excluding carboxylic acids is 2. The molecule has 0 saturated heterocycles. The highest BCUT2D eigenvalue weighted by atomic mass is 35.5. The quantitative estimate of drug-likeness (QED) is 0.137. The lowest BCUT2D eigenvalue weighted by molar-refractivity contribution is -0.140. The summed E-state index contributed by atoms with van der Waals surface area (Å²) in [4.78, 5) is 29.8. The van der Waals surface area contributed by atoms with Crippen LogP contribution in [0.5, 0.6) is 0 Å².